The van der Waals surface area contributed by atoms with Gasteiger partial charge in [-0.3, -0.25) is 9.59 Å². The second-order valence-corrected chi connectivity index (χ2v) is 8.43. The molecular formula is C14H14N2O5S2. The Hall–Kier alpha value is -2.13. The van der Waals surface area contributed by atoms with Crippen molar-refractivity contribution >= 4 is 33.1 Å². The number of nitrogens with one attached hydrogen (secondary N) is 1. The number of carboxylic acid groups (broad SMARTS) is 1. The first kappa shape index (κ1) is 15.8. The van der Waals surface area contributed by atoms with Crippen LogP contribution in [0.1, 0.15) is 16.1 Å². The maximum absolute atomic E-state index is 12.4. The molecule has 1 amide bonds. The summed E-state index contributed by atoms with van der Waals surface area (Å²) in [6.07, 6.45) is 3.51. The number of rotatable bonds is 4. The van der Waals surface area contributed by atoms with Crippen LogP contribution in [0.25, 0.3) is 5.69 Å². The van der Waals surface area contributed by atoms with Crippen molar-refractivity contribution in [2.75, 3.05) is 5.75 Å². The fourth-order valence-electron chi connectivity index (χ4n) is 2.65. The van der Waals surface area contributed by atoms with Crippen molar-refractivity contribution < 1.29 is 23.1 Å². The lowest BCUT2D eigenvalue weighted by atomic mass is 10.2. The first-order chi connectivity index (χ1) is 10.9. The fourth-order valence-corrected chi connectivity index (χ4v) is 5.28. The summed E-state index contributed by atoms with van der Waals surface area (Å²) < 4.78 is 25.4. The average Bonchev–Trinajstić information content (AvgIpc) is 3.15. The summed E-state index contributed by atoms with van der Waals surface area (Å²) in [5, 5.41) is 11.9. The first-order valence-electron chi connectivity index (χ1n) is 6.84. The number of aromatic nitrogens is 1. The van der Waals surface area contributed by atoms with E-state index in [0.29, 0.717) is 10.6 Å². The number of thiophene rings is 1. The third-order valence-electron chi connectivity index (χ3n) is 3.71. The van der Waals surface area contributed by atoms with E-state index >= 15 is 0 Å². The van der Waals surface area contributed by atoms with Gasteiger partial charge in [0.1, 0.15) is 4.88 Å². The van der Waals surface area contributed by atoms with Crippen molar-refractivity contribution in [1.29, 1.82) is 0 Å². The summed E-state index contributed by atoms with van der Waals surface area (Å²) in [4.78, 5) is 23.9. The molecule has 1 fully saturated rings. The third kappa shape index (κ3) is 3.02. The number of sulfone groups is 1. The van der Waals surface area contributed by atoms with E-state index in [-0.39, 0.29) is 12.2 Å². The molecule has 0 aromatic carbocycles. The Labute approximate surface area is 136 Å². The Morgan fingerprint density at radius 1 is 1.30 bits per heavy atom. The van der Waals surface area contributed by atoms with Gasteiger partial charge in [-0.05, 0) is 30.0 Å². The molecule has 7 nitrogen and oxygen atoms in total. The fraction of sp³-hybridized carbons (Fsp3) is 0.286. The monoisotopic (exact) mass is 354 g/mol. The average molecular weight is 354 g/mol. The molecule has 1 saturated heterocycles. The van der Waals surface area contributed by atoms with Gasteiger partial charge in [0.05, 0.1) is 11.4 Å². The zero-order chi connectivity index (χ0) is 16.6. The van der Waals surface area contributed by atoms with Crippen LogP contribution in [-0.4, -0.2) is 47.0 Å². The Kier molecular flexibility index (Phi) is 3.99. The molecule has 23 heavy (non-hydrogen) atoms. The highest BCUT2D eigenvalue weighted by Gasteiger charge is 2.43. The van der Waals surface area contributed by atoms with Gasteiger partial charge in [0.2, 0.25) is 0 Å². The largest absolute Gasteiger partial charge is 0.480 e. The summed E-state index contributed by atoms with van der Waals surface area (Å²) in [6.45, 7) is 0. The van der Waals surface area contributed by atoms with Crippen LogP contribution in [0.5, 0.6) is 0 Å². The molecule has 2 N–H and O–H groups in total. The van der Waals surface area contributed by atoms with Crippen LogP contribution in [0.2, 0.25) is 0 Å². The molecule has 9 heteroatoms. The van der Waals surface area contributed by atoms with Gasteiger partial charge in [-0.25, -0.2) is 8.42 Å². The predicted octanol–water partition coefficient (Wildman–Crippen LogP) is 0.909. The molecule has 3 rings (SSSR count). The Morgan fingerprint density at radius 3 is 2.61 bits per heavy atom. The summed E-state index contributed by atoms with van der Waals surface area (Å²) in [7, 11) is -3.72. The van der Waals surface area contributed by atoms with Crippen LogP contribution in [0, 0.1) is 0 Å². The van der Waals surface area contributed by atoms with Gasteiger partial charge in [0.15, 0.2) is 15.1 Å². The molecule has 2 unspecified atom stereocenters. The molecule has 3 heterocycles. The highest BCUT2D eigenvalue weighted by molar-refractivity contribution is 7.93. The number of carbonyl (C=O) groups excluding carboxylic acids is 1. The van der Waals surface area contributed by atoms with Gasteiger partial charge in [0.25, 0.3) is 5.91 Å². The van der Waals surface area contributed by atoms with E-state index in [1.807, 2.05) is 12.1 Å². The van der Waals surface area contributed by atoms with Crippen molar-refractivity contribution in [3.8, 4) is 5.69 Å². The van der Waals surface area contributed by atoms with E-state index in [1.165, 1.54) is 11.3 Å². The van der Waals surface area contributed by atoms with Crippen molar-refractivity contribution in [3.63, 3.8) is 0 Å². The number of hydrogen-bond acceptors (Lipinski definition) is 5. The zero-order valence-corrected chi connectivity index (χ0v) is 13.5. The van der Waals surface area contributed by atoms with Crippen molar-refractivity contribution in [1.82, 2.24) is 9.88 Å². The summed E-state index contributed by atoms with van der Waals surface area (Å²) in [6, 6.07) is 4.78. The minimum Gasteiger partial charge on any atom is -0.480 e. The van der Waals surface area contributed by atoms with E-state index in [4.69, 9.17) is 5.11 Å². The van der Waals surface area contributed by atoms with Crippen LogP contribution < -0.4 is 5.32 Å². The van der Waals surface area contributed by atoms with E-state index in [1.54, 1.807) is 28.4 Å². The van der Waals surface area contributed by atoms with E-state index in [9.17, 15) is 18.0 Å². The number of carbonyl (C=O) groups is 2. The minimum atomic E-state index is -3.72. The molecule has 0 bridgehead atoms. The van der Waals surface area contributed by atoms with Crippen molar-refractivity contribution in [3.05, 3.63) is 40.8 Å². The normalized spacial score (nSPS) is 22.8. The van der Waals surface area contributed by atoms with Gasteiger partial charge in [-0.2, -0.15) is 0 Å². The van der Waals surface area contributed by atoms with E-state index < -0.39 is 33.0 Å². The Bertz CT molecular complexity index is 838. The maximum atomic E-state index is 12.4. The number of carboxylic acids is 1. The van der Waals surface area contributed by atoms with Crippen molar-refractivity contribution in [2.24, 2.45) is 0 Å². The number of amides is 1. The SMILES string of the molecule is O=C(NC1CC(C(=O)O)S(=O)(=O)C1)c1sccc1-n1cccc1. The molecule has 122 valence electrons. The lowest BCUT2D eigenvalue weighted by molar-refractivity contribution is -0.136. The molecule has 0 aliphatic carbocycles. The van der Waals surface area contributed by atoms with Crippen LogP contribution in [-0.2, 0) is 14.6 Å². The van der Waals surface area contributed by atoms with Gasteiger partial charge in [-0.15, -0.1) is 11.3 Å². The summed E-state index contributed by atoms with van der Waals surface area (Å²) in [5.74, 6) is -2.11. The van der Waals surface area contributed by atoms with Crippen LogP contribution in [0.4, 0.5) is 0 Å². The molecule has 1 aliphatic heterocycles. The van der Waals surface area contributed by atoms with Crippen molar-refractivity contribution in [2.45, 2.75) is 17.7 Å². The highest BCUT2D eigenvalue weighted by Crippen LogP contribution is 2.24. The molecule has 0 spiro atoms. The molecular weight excluding hydrogens is 340 g/mol. The van der Waals surface area contributed by atoms with E-state index in [0.717, 1.165) is 0 Å². The van der Waals surface area contributed by atoms with Gasteiger partial charge >= 0.3 is 5.97 Å². The van der Waals surface area contributed by atoms with Crippen LogP contribution in [0.15, 0.2) is 36.0 Å². The lowest BCUT2D eigenvalue weighted by Gasteiger charge is -2.11. The molecule has 2 aromatic heterocycles. The van der Waals surface area contributed by atoms with Crippen LogP contribution >= 0.6 is 11.3 Å². The topological polar surface area (TPSA) is 105 Å². The number of aliphatic carboxylic acids is 1. The Balaban J connectivity index is 1.77. The predicted molar refractivity (Wildman–Crippen MR) is 84.7 cm³/mol. The number of hydrogen-bond donors (Lipinski definition) is 2. The standard InChI is InChI=1S/C14H14N2O5S2/c17-13(12-10(3-6-22-12)16-4-1-2-5-16)15-9-7-11(14(18)19)23(20,21)8-9/h1-6,9,11H,7-8H2,(H,15,17)(H,18,19). The third-order valence-corrected chi connectivity index (χ3v) is 6.74. The minimum absolute atomic E-state index is 0.104. The second-order valence-electron chi connectivity index (χ2n) is 5.29. The van der Waals surface area contributed by atoms with Gasteiger partial charge in [0, 0.05) is 18.4 Å². The lowest BCUT2D eigenvalue weighted by Crippen LogP contribution is -2.35. The highest BCUT2D eigenvalue weighted by atomic mass is 32.2. The quantitative estimate of drug-likeness (QED) is 0.849. The second kappa shape index (κ2) is 5.82. The molecule has 0 radical (unpaired) electrons. The Morgan fingerprint density at radius 2 is 2.00 bits per heavy atom. The zero-order valence-electron chi connectivity index (χ0n) is 11.9. The van der Waals surface area contributed by atoms with Crippen LogP contribution in [0.3, 0.4) is 0 Å². The number of nitrogens with zero attached hydrogens (tertiary/aromatic N) is 1. The molecule has 2 aromatic rings. The maximum Gasteiger partial charge on any atom is 0.321 e. The first-order valence-corrected chi connectivity index (χ1v) is 9.44. The molecule has 2 atom stereocenters. The summed E-state index contributed by atoms with van der Waals surface area (Å²) >= 11 is 1.25. The molecule has 1 aliphatic rings. The molecule has 0 saturated carbocycles. The van der Waals surface area contributed by atoms with E-state index in [2.05, 4.69) is 5.32 Å². The van der Waals surface area contributed by atoms with Gasteiger partial charge in [-0.1, -0.05) is 0 Å². The van der Waals surface area contributed by atoms with Gasteiger partial charge < -0.3 is 15.0 Å². The summed E-state index contributed by atoms with van der Waals surface area (Å²) in [5.41, 5.74) is 0.702. The smallest absolute Gasteiger partial charge is 0.321 e.